The average molecular weight is 835 g/mol. The first-order valence-corrected chi connectivity index (χ1v) is 12.1. The zero-order valence-corrected chi connectivity index (χ0v) is 27.2. The predicted octanol–water partition coefficient (Wildman–Crippen LogP) is 3.69. The summed E-state index contributed by atoms with van der Waals surface area (Å²) in [6.45, 7) is 3.52. The summed E-state index contributed by atoms with van der Waals surface area (Å²) in [6.07, 6.45) is 2.67. The molecule has 0 aliphatic rings. The van der Waals surface area contributed by atoms with Crippen LogP contribution in [0.1, 0.15) is 22.3 Å². The molecular weight excluding hydrogens is 816 g/mol. The van der Waals surface area contributed by atoms with E-state index in [9.17, 15) is 19.8 Å². The van der Waals surface area contributed by atoms with Gasteiger partial charge in [-0.3, -0.25) is 9.98 Å². The molecule has 0 bridgehead atoms. The fourth-order valence-electron chi connectivity index (χ4n) is 3.97. The van der Waals surface area contributed by atoms with Crippen LogP contribution in [0.15, 0.2) is 89.1 Å². The number of hydrogen-bond donors (Lipinski definition) is 0. The molecule has 16 nitrogen and oxygen atoms in total. The van der Waals surface area contributed by atoms with Crippen molar-refractivity contribution in [3.63, 3.8) is 0 Å². The van der Waals surface area contributed by atoms with E-state index in [1.807, 2.05) is 0 Å². The normalized spacial score (nSPS) is 10.5. The molecule has 45 heavy (non-hydrogen) atoms. The summed E-state index contributed by atoms with van der Waals surface area (Å²) in [5, 5.41) is 55.8. The second-order valence-corrected chi connectivity index (χ2v) is 8.66. The van der Waals surface area contributed by atoms with Gasteiger partial charge in [-0.2, -0.15) is 0 Å². The zero-order chi connectivity index (χ0) is 32.6. The summed E-state index contributed by atoms with van der Waals surface area (Å²) >= 11 is 0. The quantitative estimate of drug-likeness (QED) is 0.109. The van der Waals surface area contributed by atoms with E-state index in [0.29, 0.717) is 33.3 Å². The third-order valence-corrected chi connectivity index (χ3v) is 5.78. The molecule has 0 aliphatic heterocycles. The summed E-state index contributed by atoms with van der Waals surface area (Å²) in [5.74, 6) is -0.698. The Morgan fingerprint density at radius 1 is 0.644 bits per heavy atom. The Morgan fingerprint density at radius 2 is 0.978 bits per heavy atom. The third-order valence-electron chi connectivity index (χ3n) is 5.78. The summed E-state index contributed by atoms with van der Waals surface area (Å²) in [4.78, 5) is 49.1. The van der Waals surface area contributed by atoms with Crippen molar-refractivity contribution in [3.8, 4) is 11.5 Å². The van der Waals surface area contributed by atoms with E-state index in [4.69, 9.17) is 39.5 Å². The van der Waals surface area contributed by atoms with E-state index < -0.39 is 21.4 Å². The number of para-hydroxylation sites is 2. The Bertz CT molecular complexity index is 1900. The predicted molar refractivity (Wildman–Crippen MR) is 155 cm³/mol. The van der Waals surface area contributed by atoms with E-state index in [-0.39, 0.29) is 73.7 Å². The second kappa shape index (κ2) is 16.0. The SMILES string of the molecule is Cc1cc(=O)oc2c(C=Nc3ccccc3N=Cc3c([O-])ccc4c(C)cc(=O)oc34)c([O-])ccc12.O=[N+]([O-])[O-].O=[N+]([O-])[O-].[Th+4]. The maximum atomic E-state index is 12.5. The van der Waals surface area contributed by atoms with E-state index in [1.54, 1.807) is 50.2 Å². The van der Waals surface area contributed by atoms with Gasteiger partial charge in [-0.1, -0.05) is 47.9 Å². The first-order valence-electron chi connectivity index (χ1n) is 12.1. The summed E-state index contributed by atoms with van der Waals surface area (Å²) in [7, 11) is 0. The standard InChI is InChI=1S/C28H20N2O6.2NO3.Th/c1-15-11-25(33)35-27-17(15)7-9-23(31)19(27)13-29-21-5-3-4-6-22(21)30-14-20-24(32)10-8-18-16(2)12-26(34)36-28(18)20;2*2-1(3)4;/h3-14,31-32H,1-2H3;;;/q;2*-1;+4/p-2. The Labute approximate surface area is 283 Å². The van der Waals surface area contributed by atoms with Crippen LogP contribution in [0.25, 0.3) is 21.9 Å². The first-order chi connectivity index (χ1) is 20.8. The summed E-state index contributed by atoms with van der Waals surface area (Å²) in [5.41, 5.74) is 1.67. The maximum absolute atomic E-state index is 12.5. The van der Waals surface area contributed by atoms with Crippen molar-refractivity contribution in [2.75, 3.05) is 0 Å². The van der Waals surface area contributed by atoms with E-state index >= 15 is 0 Å². The fraction of sp³-hybridized carbons (Fsp3) is 0.0714. The minimum atomic E-state index is -1.75. The van der Waals surface area contributed by atoms with Gasteiger partial charge in [-0.25, -0.2) is 9.59 Å². The molecule has 0 spiro atoms. The molecule has 226 valence electrons. The number of aliphatic imine (C=N–C) groups is 2. The van der Waals surface area contributed by atoms with Crippen molar-refractivity contribution in [1.82, 2.24) is 0 Å². The Morgan fingerprint density at radius 3 is 1.31 bits per heavy atom. The molecule has 2 aromatic heterocycles. The molecule has 0 radical (unpaired) electrons. The van der Waals surface area contributed by atoms with Crippen LogP contribution in [0.3, 0.4) is 0 Å². The monoisotopic (exact) mass is 834 g/mol. The van der Waals surface area contributed by atoms with E-state index in [1.165, 1.54) is 36.7 Å². The van der Waals surface area contributed by atoms with Crippen LogP contribution in [0.5, 0.6) is 11.5 Å². The molecular formula is C28H18N4O12Th. The van der Waals surface area contributed by atoms with Crippen molar-refractivity contribution in [2.24, 2.45) is 9.98 Å². The van der Waals surface area contributed by atoms with Crippen LogP contribution in [0, 0.1) is 84.4 Å². The zero-order valence-electron chi connectivity index (χ0n) is 23.1. The van der Waals surface area contributed by atoms with Crippen LogP contribution < -0.4 is 21.5 Å². The number of nitrogens with zero attached hydrogens (tertiary/aromatic N) is 4. The molecule has 0 atom stereocenters. The topological polar surface area (TPSA) is 264 Å². The van der Waals surface area contributed by atoms with Gasteiger partial charge in [0.2, 0.25) is 0 Å². The van der Waals surface area contributed by atoms with Gasteiger partial charge in [0, 0.05) is 46.5 Å². The molecule has 2 heterocycles. The molecule has 5 aromatic rings. The largest absolute Gasteiger partial charge is 4.00 e. The van der Waals surface area contributed by atoms with Gasteiger partial charge in [-0.15, -0.1) is 0 Å². The second-order valence-electron chi connectivity index (χ2n) is 8.66. The van der Waals surface area contributed by atoms with Gasteiger partial charge >= 0.3 is 51.2 Å². The maximum Gasteiger partial charge on any atom is 4.00 e. The number of aryl methyl sites for hydroxylation is 2. The molecule has 0 saturated carbocycles. The number of hydrogen-bond acceptors (Lipinski definition) is 14. The Kier molecular flexibility index (Phi) is 12.8. The van der Waals surface area contributed by atoms with Gasteiger partial charge < -0.3 is 49.7 Å². The smallest absolute Gasteiger partial charge is 0.872 e. The van der Waals surface area contributed by atoms with Gasteiger partial charge in [0.05, 0.1) is 21.5 Å². The summed E-state index contributed by atoms with van der Waals surface area (Å²) in [6, 6.07) is 15.6. The third kappa shape index (κ3) is 9.62. The van der Waals surface area contributed by atoms with Crippen molar-refractivity contribution in [1.29, 1.82) is 0 Å². The molecule has 17 heteroatoms. The van der Waals surface area contributed by atoms with Gasteiger partial charge in [0.25, 0.3) is 0 Å². The number of fused-ring (bicyclic) bond motifs is 2. The molecule has 0 saturated heterocycles. The van der Waals surface area contributed by atoms with E-state index in [2.05, 4.69) is 9.98 Å². The fourth-order valence-corrected chi connectivity index (χ4v) is 3.97. The average Bonchev–Trinajstić information content (AvgIpc) is 2.91. The molecule has 3 aromatic carbocycles. The van der Waals surface area contributed by atoms with Crippen molar-refractivity contribution < 1.29 is 69.2 Å². The van der Waals surface area contributed by atoms with Gasteiger partial charge in [-0.05, 0) is 37.1 Å². The minimum absolute atomic E-state index is 0. The van der Waals surface area contributed by atoms with Crippen LogP contribution in [-0.4, -0.2) is 22.6 Å². The molecule has 0 aliphatic carbocycles. The first kappa shape index (κ1) is 35.9. The molecule has 0 unspecified atom stereocenters. The van der Waals surface area contributed by atoms with Crippen molar-refractivity contribution in [3.05, 3.63) is 134 Å². The van der Waals surface area contributed by atoms with Crippen LogP contribution >= 0.6 is 0 Å². The van der Waals surface area contributed by atoms with Gasteiger partial charge in [0.15, 0.2) is 0 Å². The number of rotatable bonds is 4. The Hall–Kier alpha value is -5.26. The molecule has 5 rings (SSSR count). The van der Waals surface area contributed by atoms with Crippen LogP contribution in [0.4, 0.5) is 11.4 Å². The van der Waals surface area contributed by atoms with Crippen molar-refractivity contribution in [2.45, 2.75) is 13.8 Å². The van der Waals surface area contributed by atoms with Crippen molar-refractivity contribution >= 4 is 45.7 Å². The van der Waals surface area contributed by atoms with Crippen LogP contribution in [0.2, 0.25) is 0 Å². The number of benzene rings is 3. The van der Waals surface area contributed by atoms with E-state index in [0.717, 1.165) is 0 Å². The minimum Gasteiger partial charge on any atom is -0.872 e. The Balaban J connectivity index is 0.000000704. The van der Waals surface area contributed by atoms with Crippen LogP contribution in [-0.2, 0) is 0 Å². The molecule has 0 fully saturated rings. The summed E-state index contributed by atoms with van der Waals surface area (Å²) < 4.78 is 10.6. The molecule has 0 N–H and O–H groups in total. The van der Waals surface area contributed by atoms with Gasteiger partial charge in [0.1, 0.15) is 11.2 Å². The molecule has 0 amide bonds.